The van der Waals surface area contributed by atoms with Gasteiger partial charge in [0, 0.05) is 17.7 Å². The number of amides is 1. The van der Waals surface area contributed by atoms with Gasteiger partial charge in [0.1, 0.15) is 0 Å². The summed E-state index contributed by atoms with van der Waals surface area (Å²) in [5.41, 5.74) is -0.212. The van der Waals surface area contributed by atoms with Crippen LogP contribution in [0.25, 0.3) is 0 Å². The third kappa shape index (κ3) is 3.91. The number of halogens is 1. The van der Waals surface area contributed by atoms with E-state index in [-0.39, 0.29) is 35.0 Å². The molecule has 0 bridgehead atoms. The molecule has 0 atom stereocenters. The highest BCUT2D eigenvalue weighted by molar-refractivity contribution is 5.94. The van der Waals surface area contributed by atoms with E-state index < -0.39 is 16.3 Å². The van der Waals surface area contributed by atoms with Crippen LogP contribution in [0.4, 0.5) is 10.1 Å². The first kappa shape index (κ1) is 18.8. The van der Waals surface area contributed by atoms with Crippen molar-refractivity contribution in [3.05, 3.63) is 45.4 Å². The number of rotatable bonds is 5. The minimum absolute atomic E-state index is 0.174. The highest BCUT2D eigenvalue weighted by Gasteiger charge is 2.31. The molecule has 0 unspecified atom stereocenters. The third-order valence-electron chi connectivity index (χ3n) is 4.16. The summed E-state index contributed by atoms with van der Waals surface area (Å²) in [4.78, 5) is 22.5. The lowest BCUT2D eigenvalue weighted by Crippen LogP contribution is -2.28. The molecule has 1 N–H and O–H groups in total. The van der Waals surface area contributed by atoms with E-state index in [1.165, 1.54) is 10.7 Å². The van der Waals surface area contributed by atoms with Gasteiger partial charge >= 0.3 is 0 Å². The number of carbonyl (C=O) groups is 1. The van der Waals surface area contributed by atoms with E-state index >= 15 is 0 Å². The van der Waals surface area contributed by atoms with Crippen molar-refractivity contribution in [3.63, 3.8) is 0 Å². The number of nitro groups is 1. The average Bonchev–Trinajstić information content (AvgIpc) is 3.31. The average molecular weight is 376 g/mol. The van der Waals surface area contributed by atoms with Gasteiger partial charge in [-0.1, -0.05) is 0 Å². The molecule has 1 amide bonds. The quantitative estimate of drug-likeness (QED) is 0.634. The van der Waals surface area contributed by atoms with Crippen molar-refractivity contribution in [1.82, 2.24) is 15.1 Å². The maximum Gasteiger partial charge on any atom is 0.272 e. The summed E-state index contributed by atoms with van der Waals surface area (Å²) in [7, 11) is 0. The molecule has 1 aliphatic carbocycles. The summed E-state index contributed by atoms with van der Waals surface area (Å²) < 4.78 is 21.5. The fourth-order valence-electron chi connectivity index (χ4n) is 2.54. The molecule has 0 aliphatic heterocycles. The topological polar surface area (TPSA) is 99.3 Å². The summed E-state index contributed by atoms with van der Waals surface area (Å²) >= 11 is 0. The Morgan fingerprint density at radius 1 is 1.41 bits per heavy atom. The number of hydrogen-bond donors (Lipinski definition) is 1. The van der Waals surface area contributed by atoms with Crippen LogP contribution >= 0.6 is 0 Å². The molecule has 0 saturated heterocycles. The van der Waals surface area contributed by atoms with Crippen LogP contribution in [0.3, 0.4) is 0 Å². The van der Waals surface area contributed by atoms with Crippen LogP contribution < -0.4 is 10.1 Å². The van der Waals surface area contributed by atoms with Crippen LogP contribution in [-0.4, -0.2) is 26.7 Å². The van der Waals surface area contributed by atoms with E-state index in [1.807, 2.05) is 20.8 Å². The number of benzene rings is 1. The van der Waals surface area contributed by atoms with Crippen molar-refractivity contribution < 1.29 is 18.8 Å². The molecular formula is C18H21FN4O4. The highest BCUT2D eigenvalue weighted by atomic mass is 19.1. The van der Waals surface area contributed by atoms with Gasteiger partial charge in [-0.2, -0.15) is 5.10 Å². The van der Waals surface area contributed by atoms with Crippen LogP contribution in [0.1, 0.15) is 49.7 Å². The molecule has 8 nitrogen and oxygen atoms in total. The maximum atomic E-state index is 14.3. The zero-order valence-electron chi connectivity index (χ0n) is 15.6. The van der Waals surface area contributed by atoms with Gasteiger partial charge in [-0.05, 0) is 46.6 Å². The van der Waals surface area contributed by atoms with Gasteiger partial charge in [0.2, 0.25) is 5.88 Å². The monoisotopic (exact) mass is 376 g/mol. The minimum atomic E-state index is -0.866. The first-order valence-electron chi connectivity index (χ1n) is 8.60. The first-order valence-corrected chi connectivity index (χ1v) is 8.60. The lowest BCUT2D eigenvalue weighted by atomic mass is 10.1. The second kappa shape index (κ2) is 6.64. The second-order valence-electron chi connectivity index (χ2n) is 7.58. The number of carbonyl (C=O) groups excluding carboxylic acids is 1. The summed E-state index contributed by atoms with van der Waals surface area (Å²) in [6, 6.07) is 3.32. The summed E-state index contributed by atoms with van der Waals surface area (Å²) in [6.45, 7) is 7.30. The van der Waals surface area contributed by atoms with E-state index in [4.69, 9.17) is 4.74 Å². The fraction of sp³-hybridized carbons (Fsp3) is 0.444. The largest absolute Gasteiger partial charge is 0.436 e. The van der Waals surface area contributed by atoms with Crippen LogP contribution in [0.15, 0.2) is 18.2 Å². The Balaban J connectivity index is 1.99. The number of nitrogens with one attached hydrogen (secondary N) is 1. The van der Waals surface area contributed by atoms with Gasteiger partial charge in [-0.3, -0.25) is 14.9 Å². The fourth-order valence-corrected chi connectivity index (χ4v) is 2.54. The predicted molar refractivity (Wildman–Crippen MR) is 95.6 cm³/mol. The van der Waals surface area contributed by atoms with Crippen molar-refractivity contribution >= 4 is 11.6 Å². The van der Waals surface area contributed by atoms with Gasteiger partial charge in [-0.25, -0.2) is 9.07 Å². The lowest BCUT2D eigenvalue weighted by Gasteiger charge is -2.22. The SMILES string of the molecule is Cc1c(C(=O)NC2CC2)nn(C(C)(C)C)c1Oc1ccc([N+](=O)[O-])cc1F. The highest BCUT2D eigenvalue weighted by Crippen LogP contribution is 2.34. The zero-order valence-corrected chi connectivity index (χ0v) is 15.6. The molecule has 1 fully saturated rings. The van der Waals surface area contributed by atoms with Crippen LogP contribution in [0.5, 0.6) is 11.6 Å². The van der Waals surface area contributed by atoms with Gasteiger partial charge in [0.15, 0.2) is 17.3 Å². The molecule has 2 aromatic rings. The van der Waals surface area contributed by atoms with Crippen LogP contribution in [0.2, 0.25) is 0 Å². The molecule has 1 saturated carbocycles. The summed E-state index contributed by atoms with van der Waals surface area (Å²) in [5, 5.41) is 18.0. The molecule has 0 spiro atoms. The Morgan fingerprint density at radius 2 is 2.07 bits per heavy atom. The Hall–Kier alpha value is -2.97. The van der Waals surface area contributed by atoms with Crippen LogP contribution in [0, 0.1) is 22.9 Å². The Labute approximate surface area is 155 Å². The molecule has 0 radical (unpaired) electrons. The lowest BCUT2D eigenvalue weighted by molar-refractivity contribution is -0.385. The molecule has 144 valence electrons. The van der Waals surface area contributed by atoms with E-state index in [0.29, 0.717) is 5.56 Å². The molecule has 1 aliphatic rings. The zero-order chi connectivity index (χ0) is 19.9. The van der Waals surface area contributed by atoms with Crippen LogP contribution in [-0.2, 0) is 5.54 Å². The van der Waals surface area contributed by atoms with E-state index in [9.17, 15) is 19.3 Å². The Morgan fingerprint density at radius 3 is 2.59 bits per heavy atom. The Kier molecular flexibility index (Phi) is 4.63. The van der Waals surface area contributed by atoms with Crippen molar-refractivity contribution in [2.75, 3.05) is 0 Å². The van der Waals surface area contributed by atoms with E-state index in [2.05, 4.69) is 10.4 Å². The van der Waals surface area contributed by atoms with E-state index in [0.717, 1.165) is 25.0 Å². The summed E-state index contributed by atoms with van der Waals surface area (Å²) in [5.74, 6) is -1.12. The van der Waals surface area contributed by atoms with Gasteiger partial charge < -0.3 is 10.1 Å². The third-order valence-corrected chi connectivity index (χ3v) is 4.16. The minimum Gasteiger partial charge on any atom is -0.436 e. The number of non-ortho nitro benzene ring substituents is 1. The Bertz CT molecular complexity index is 913. The normalized spacial score (nSPS) is 14.1. The van der Waals surface area contributed by atoms with Gasteiger partial charge in [0.25, 0.3) is 11.6 Å². The smallest absolute Gasteiger partial charge is 0.272 e. The van der Waals surface area contributed by atoms with Gasteiger partial charge in [0.05, 0.1) is 16.5 Å². The second-order valence-corrected chi connectivity index (χ2v) is 7.58. The number of nitrogens with zero attached hydrogens (tertiary/aromatic N) is 3. The van der Waals surface area contributed by atoms with Crippen molar-refractivity contribution in [2.24, 2.45) is 0 Å². The van der Waals surface area contributed by atoms with E-state index in [1.54, 1.807) is 6.92 Å². The maximum absolute atomic E-state index is 14.3. The number of ether oxygens (including phenoxy) is 1. The standard InChI is InChI=1S/C18H21FN4O4/c1-10-15(16(24)20-11-5-6-11)21-22(18(2,3)4)17(10)27-14-8-7-12(23(25)26)9-13(14)19/h7-9,11H,5-6H2,1-4H3,(H,20,24). The van der Waals surface area contributed by atoms with Gasteiger partial charge in [-0.15, -0.1) is 0 Å². The molecule has 1 heterocycles. The molecule has 3 rings (SSSR count). The molecule has 1 aromatic carbocycles. The predicted octanol–water partition coefficient (Wildman–Crippen LogP) is 3.68. The molecule has 1 aromatic heterocycles. The number of hydrogen-bond acceptors (Lipinski definition) is 5. The van der Waals surface area contributed by atoms with Crippen molar-refractivity contribution in [3.8, 4) is 11.6 Å². The molecular weight excluding hydrogens is 355 g/mol. The number of nitro benzene ring substituents is 1. The summed E-state index contributed by atoms with van der Waals surface area (Å²) in [6.07, 6.45) is 1.89. The van der Waals surface area contributed by atoms with Crippen molar-refractivity contribution in [2.45, 2.75) is 52.1 Å². The first-order chi connectivity index (χ1) is 12.6. The molecule has 9 heteroatoms. The molecule has 27 heavy (non-hydrogen) atoms. The van der Waals surface area contributed by atoms with Crippen molar-refractivity contribution in [1.29, 1.82) is 0 Å². The number of aromatic nitrogens is 2.